The van der Waals surface area contributed by atoms with Crippen LogP contribution in [-0.4, -0.2) is 38.0 Å². The van der Waals surface area contributed by atoms with Gasteiger partial charge < -0.3 is 18.3 Å². The summed E-state index contributed by atoms with van der Waals surface area (Å²) in [7, 11) is 0. The largest absolute Gasteiger partial charge is 0.348 e. The molecule has 0 aliphatic carbocycles. The lowest BCUT2D eigenvalue weighted by molar-refractivity contribution is -0.422. The molecule has 0 unspecified atom stereocenters. The van der Waals surface area contributed by atoms with Gasteiger partial charge in [0.05, 0.1) is 86.6 Å². The molecule has 0 aliphatic heterocycles. The number of rotatable bonds is 9. The van der Waals surface area contributed by atoms with Crippen LogP contribution in [-0.2, 0) is 0 Å². The molecule has 0 radical (unpaired) electrons. The molecule has 0 spiro atoms. The SMILES string of the molecule is O=[N+]([O-])c1cc(-n2c3ccccc3c3ccccc32)c(-n2c3ccccc3c3cc(-c4cccc5c4c4ccccc4n5-c4cc([N+](=O)[O-])c([N+](=O)[O-])cc4-n4c5ccccc5c5ccccc54)ccc32)cc1[N+](=O)[O-]. The van der Waals surface area contributed by atoms with E-state index in [9.17, 15) is 40.5 Å². The number of aromatic nitrogens is 4. The van der Waals surface area contributed by atoms with E-state index < -0.39 is 42.4 Å². The molecular weight excluding hydrogens is 961 g/mol. The van der Waals surface area contributed by atoms with Crippen LogP contribution in [0.4, 0.5) is 22.7 Å². The van der Waals surface area contributed by atoms with E-state index in [1.165, 1.54) is 24.3 Å². The first-order chi connectivity index (χ1) is 37.1. The second-order valence-corrected chi connectivity index (χ2v) is 18.6. The number of para-hydroxylation sites is 6. The molecule has 16 heteroatoms. The number of nitro groups is 4. The Labute approximate surface area is 426 Å². The van der Waals surface area contributed by atoms with Crippen LogP contribution in [0.15, 0.2) is 206 Å². The topological polar surface area (TPSA) is 192 Å². The maximum atomic E-state index is 12.8. The Hall–Kier alpha value is -11.0. The molecule has 76 heavy (non-hydrogen) atoms. The van der Waals surface area contributed by atoms with Crippen molar-refractivity contribution in [1.82, 2.24) is 18.3 Å². The number of hydrogen-bond acceptors (Lipinski definition) is 8. The van der Waals surface area contributed by atoms with E-state index in [0.717, 1.165) is 76.3 Å². The van der Waals surface area contributed by atoms with Crippen LogP contribution in [0.1, 0.15) is 0 Å². The number of benzene rings is 10. The smallest absolute Gasteiger partial charge is 0.307 e. The normalized spacial score (nSPS) is 11.8. The highest BCUT2D eigenvalue weighted by Crippen LogP contribution is 2.47. The third-order valence-electron chi connectivity index (χ3n) is 14.7. The number of nitrogens with zero attached hydrogens (tertiary/aromatic N) is 8. The van der Waals surface area contributed by atoms with Gasteiger partial charge in [-0.15, -0.1) is 0 Å². The van der Waals surface area contributed by atoms with Crippen molar-refractivity contribution < 1.29 is 19.7 Å². The molecule has 14 rings (SSSR count). The van der Waals surface area contributed by atoms with Crippen molar-refractivity contribution in [2.45, 2.75) is 0 Å². The zero-order valence-electron chi connectivity index (χ0n) is 39.5. The van der Waals surface area contributed by atoms with Crippen molar-refractivity contribution in [2.24, 2.45) is 0 Å². The summed E-state index contributed by atoms with van der Waals surface area (Å²) in [6.07, 6.45) is 0. The van der Waals surface area contributed by atoms with Gasteiger partial charge >= 0.3 is 22.7 Å². The number of fused-ring (bicyclic) bond motifs is 12. The van der Waals surface area contributed by atoms with Crippen molar-refractivity contribution in [3.63, 3.8) is 0 Å². The van der Waals surface area contributed by atoms with E-state index in [-0.39, 0.29) is 0 Å². The zero-order chi connectivity index (χ0) is 51.7. The molecule has 0 N–H and O–H groups in total. The Kier molecular flexibility index (Phi) is 9.36. The predicted molar refractivity (Wildman–Crippen MR) is 296 cm³/mol. The summed E-state index contributed by atoms with van der Waals surface area (Å²) in [5.41, 5.74) is 6.23. The number of hydrogen-bond donors (Lipinski definition) is 0. The average molecular weight is 995 g/mol. The third kappa shape index (κ3) is 6.18. The van der Waals surface area contributed by atoms with Crippen LogP contribution < -0.4 is 0 Å². The highest BCUT2D eigenvalue weighted by Gasteiger charge is 2.33. The van der Waals surface area contributed by atoms with Crippen LogP contribution in [0.3, 0.4) is 0 Å². The molecule has 4 heterocycles. The molecule has 14 aromatic rings. The summed E-state index contributed by atoms with van der Waals surface area (Å²) < 4.78 is 7.71. The van der Waals surface area contributed by atoms with Crippen LogP contribution >= 0.6 is 0 Å². The minimum atomic E-state index is -0.721. The fraction of sp³-hybridized carbons (Fsp3) is 0. The van der Waals surface area contributed by atoms with Gasteiger partial charge in [-0.2, -0.15) is 0 Å². The minimum absolute atomic E-state index is 0.349. The summed E-state index contributed by atoms with van der Waals surface area (Å²) in [4.78, 5) is 48.2. The van der Waals surface area contributed by atoms with E-state index >= 15 is 0 Å². The second kappa shape index (κ2) is 16.3. The molecule has 0 bridgehead atoms. The standard InChI is InChI=1S/C60H34N8O8/c69-65(70)56-31-52(61-44-21-7-1-14-37(44)38-15-2-8-22-45(38)61)53(32-57(56)66(71)72)63-48-25-11-5-18-41(48)43-30-35(28-29-50(43)63)36-20-13-27-51-60(36)42-19-6-12-26-49(42)64(51)55-34-59(68(75)76)58(67(73)74)33-54(55)62-46-23-9-3-16-39(46)40-17-4-10-24-47(40)62/h1-34H. The van der Waals surface area contributed by atoms with Gasteiger partial charge in [0.25, 0.3) is 0 Å². The molecule has 0 saturated heterocycles. The Morgan fingerprint density at radius 3 is 0.895 bits per heavy atom. The highest BCUT2D eigenvalue weighted by molar-refractivity contribution is 6.18. The fourth-order valence-corrected chi connectivity index (χ4v) is 11.7. The Bertz CT molecular complexity index is 4820. The molecule has 362 valence electrons. The summed E-state index contributed by atoms with van der Waals surface area (Å²) >= 11 is 0. The van der Waals surface area contributed by atoms with Crippen LogP contribution in [0.5, 0.6) is 0 Å². The van der Waals surface area contributed by atoms with Crippen molar-refractivity contribution in [2.75, 3.05) is 0 Å². The van der Waals surface area contributed by atoms with E-state index in [1.54, 1.807) is 0 Å². The summed E-state index contributed by atoms with van der Waals surface area (Å²) in [5.74, 6) is 0. The first-order valence-electron chi connectivity index (χ1n) is 24.0. The van der Waals surface area contributed by atoms with Crippen LogP contribution in [0, 0.1) is 40.5 Å². The summed E-state index contributed by atoms with van der Waals surface area (Å²) in [5, 5.41) is 57.9. The predicted octanol–water partition coefficient (Wildman–Crippen LogP) is 15.4. The number of nitro benzene ring substituents is 4. The molecule has 0 amide bonds. The Balaban J connectivity index is 1.04. The molecule has 0 aliphatic rings. The Morgan fingerprint density at radius 1 is 0.263 bits per heavy atom. The molecule has 10 aromatic carbocycles. The first-order valence-corrected chi connectivity index (χ1v) is 24.0. The lowest BCUT2D eigenvalue weighted by atomic mass is 9.98. The molecule has 0 fully saturated rings. The average Bonchev–Trinajstić information content (AvgIpc) is 4.17. The van der Waals surface area contributed by atoms with E-state index in [0.29, 0.717) is 44.8 Å². The van der Waals surface area contributed by atoms with Crippen molar-refractivity contribution in [3.05, 3.63) is 247 Å². The minimum Gasteiger partial charge on any atom is -0.307 e. The van der Waals surface area contributed by atoms with Gasteiger partial charge in [0.2, 0.25) is 0 Å². The zero-order valence-corrected chi connectivity index (χ0v) is 39.5. The highest BCUT2D eigenvalue weighted by atomic mass is 16.6. The van der Waals surface area contributed by atoms with Gasteiger partial charge in [-0.05, 0) is 65.7 Å². The second-order valence-electron chi connectivity index (χ2n) is 18.6. The maximum absolute atomic E-state index is 12.8. The molecule has 4 aromatic heterocycles. The van der Waals surface area contributed by atoms with E-state index in [1.807, 2.05) is 194 Å². The lowest BCUT2D eigenvalue weighted by Crippen LogP contribution is -2.07. The van der Waals surface area contributed by atoms with Gasteiger partial charge in [-0.25, -0.2) is 0 Å². The monoisotopic (exact) mass is 994 g/mol. The van der Waals surface area contributed by atoms with Crippen LogP contribution in [0.25, 0.3) is 121 Å². The van der Waals surface area contributed by atoms with Gasteiger partial charge in [0.1, 0.15) is 0 Å². The van der Waals surface area contributed by atoms with Gasteiger partial charge in [-0.3, -0.25) is 40.5 Å². The lowest BCUT2D eigenvalue weighted by Gasteiger charge is -2.17. The molecule has 0 atom stereocenters. The molecule has 0 saturated carbocycles. The van der Waals surface area contributed by atoms with Gasteiger partial charge in [0.15, 0.2) is 0 Å². The van der Waals surface area contributed by atoms with Crippen molar-refractivity contribution in [3.8, 4) is 33.9 Å². The summed E-state index contributed by atoms with van der Waals surface area (Å²) in [6, 6.07) is 63.3. The summed E-state index contributed by atoms with van der Waals surface area (Å²) in [6.45, 7) is 0. The molecular formula is C60H34N8O8. The maximum Gasteiger partial charge on any atom is 0.348 e. The quantitative estimate of drug-likeness (QED) is 0.101. The fourth-order valence-electron chi connectivity index (χ4n) is 11.7. The Morgan fingerprint density at radius 2 is 0.539 bits per heavy atom. The van der Waals surface area contributed by atoms with E-state index in [4.69, 9.17) is 0 Å². The third-order valence-corrected chi connectivity index (χ3v) is 14.7. The first kappa shape index (κ1) is 43.8. The van der Waals surface area contributed by atoms with Crippen molar-refractivity contribution >= 4 is 110 Å². The van der Waals surface area contributed by atoms with Gasteiger partial charge in [0, 0.05) is 67.4 Å². The van der Waals surface area contributed by atoms with Crippen LogP contribution in [0.2, 0.25) is 0 Å². The van der Waals surface area contributed by atoms with Gasteiger partial charge in [-0.1, -0.05) is 127 Å². The van der Waals surface area contributed by atoms with Crippen molar-refractivity contribution in [1.29, 1.82) is 0 Å². The molecule has 16 nitrogen and oxygen atoms in total. The van der Waals surface area contributed by atoms with E-state index in [2.05, 4.69) is 6.07 Å².